The molecule has 0 unspecified atom stereocenters. The third-order valence-corrected chi connectivity index (χ3v) is 1.77. The minimum absolute atomic E-state index is 0. The summed E-state index contributed by atoms with van der Waals surface area (Å²) in [4.78, 5) is 0. The third kappa shape index (κ3) is 2.16. The summed E-state index contributed by atoms with van der Waals surface area (Å²) in [7, 11) is 0. The predicted molar refractivity (Wildman–Crippen MR) is 40.9 cm³/mol. The second-order valence-electron chi connectivity index (χ2n) is 1.70. The van der Waals surface area contributed by atoms with Crippen molar-refractivity contribution in [3.63, 3.8) is 0 Å². The molecular formula is C7H5Cl2Zn+. The Morgan fingerprint density at radius 1 is 1.10 bits per heavy atom. The van der Waals surface area contributed by atoms with Gasteiger partial charge in [0, 0.05) is 0 Å². The molecule has 0 saturated heterocycles. The van der Waals surface area contributed by atoms with Gasteiger partial charge in [-0.15, -0.1) is 12.1 Å². The van der Waals surface area contributed by atoms with Crippen LogP contribution in [0.3, 0.4) is 0 Å². The minimum atomic E-state index is 0. The molecule has 0 saturated carbocycles. The fourth-order valence-electron chi connectivity index (χ4n) is 0.532. The van der Waals surface area contributed by atoms with Gasteiger partial charge in [-0.1, -0.05) is 16.1 Å². The van der Waals surface area contributed by atoms with Crippen molar-refractivity contribution in [3.05, 3.63) is 40.7 Å². The van der Waals surface area contributed by atoms with Crippen LogP contribution >= 0.6 is 23.2 Å². The van der Waals surface area contributed by atoms with Crippen molar-refractivity contribution in [2.45, 2.75) is 0 Å². The second kappa shape index (κ2) is 4.23. The van der Waals surface area contributed by atoms with Gasteiger partial charge in [0.1, 0.15) is 0 Å². The Morgan fingerprint density at radius 2 is 1.50 bits per heavy atom. The molecule has 1 aromatic rings. The maximum Gasteiger partial charge on any atom is 2.00 e. The molecule has 0 nitrogen and oxygen atoms in total. The minimum Gasteiger partial charge on any atom is -0.196 e. The van der Waals surface area contributed by atoms with Crippen LogP contribution in [0.25, 0.3) is 0 Å². The van der Waals surface area contributed by atoms with Crippen LogP contribution in [0.2, 0.25) is 10.0 Å². The van der Waals surface area contributed by atoms with E-state index < -0.39 is 0 Å². The number of hydrogen-bond donors (Lipinski definition) is 0. The zero-order valence-electron chi connectivity index (χ0n) is 5.40. The van der Waals surface area contributed by atoms with Gasteiger partial charge in [-0.05, 0) is 0 Å². The van der Waals surface area contributed by atoms with Crippen LogP contribution in [-0.2, 0) is 19.5 Å². The topological polar surface area (TPSA) is 0 Å². The van der Waals surface area contributed by atoms with Gasteiger partial charge in [0.15, 0.2) is 0 Å². The largest absolute Gasteiger partial charge is 2.00 e. The van der Waals surface area contributed by atoms with Gasteiger partial charge in [0.25, 0.3) is 0 Å². The zero-order valence-corrected chi connectivity index (χ0v) is 9.88. The van der Waals surface area contributed by atoms with Gasteiger partial charge in [-0.25, -0.2) is 0 Å². The Bertz CT molecular complexity index is 203. The molecule has 0 heterocycles. The second-order valence-corrected chi connectivity index (χ2v) is 2.51. The normalized spacial score (nSPS) is 8.60. The molecule has 0 aliphatic heterocycles. The SMILES string of the molecule is [CH2-]c1c(Cl)cccc1Cl.[Zn+2]. The summed E-state index contributed by atoms with van der Waals surface area (Å²) in [5, 5.41) is 1.23. The average Bonchev–Trinajstić information content (AvgIpc) is 1.83. The Morgan fingerprint density at radius 3 is 1.80 bits per heavy atom. The molecule has 0 radical (unpaired) electrons. The predicted octanol–water partition coefficient (Wildman–Crippen LogP) is 3.17. The van der Waals surface area contributed by atoms with Crippen molar-refractivity contribution in [2.24, 2.45) is 0 Å². The van der Waals surface area contributed by atoms with Crippen LogP contribution in [-0.4, -0.2) is 0 Å². The van der Waals surface area contributed by atoms with Crippen molar-refractivity contribution >= 4 is 23.2 Å². The molecule has 3 heteroatoms. The average molecular weight is 225 g/mol. The maximum atomic E-state index is 5.67. The first-order chi connectivity index (χ1) is 4.22. The molecule has 10 heavy (non-hydrogen) atoms. The molecule has 1 aromatic carbocycles. The Hall–Kier alpha value is 0.293. The molecule has 0 amide bonds. The van der Waals surface area contributed by atoms with Crippen LogP contribution < -0.4 is 0 Å². The summed E-state index contributed by atoms with van der Waals surface area (Å²) in [6, 6.07) is 5.31. The number of halogens is 2. The molecular weight excluding hydrogens is 220 g/mol. The molecule has 1 rings (SSSR count). The first-order valence-electron chi connectivity index (χ1n) is 2.48. The smallest absolute Gasteiger partial charge is 0.196 e. The fraction of sp³-hybridized carbons (Fsp3) is 0. The van der Waals surface area contributed by atoms with Gasteiger partial charge < -0.3 is 0 Å². The van der Waals surface area contributed by atoms with Crippen LogP contribution in [0, 0.1) is 6.92 Å². The van der Waals surface area contributed by atoms with Crippen LogP contribution in [0.5, 0.6) is 0 Å². The van der Waals surface area contributed by atoms with Crippen LogP contribution in [0.1, 0.15) is 5.56 Å². The summed E-state index contributed by atoms with van der Waals surface area (Å²) in [5.74, 6) is 0. The van der Waals surface area contributed by atoms with Crippen molar-refractivity contribution in [2.75, 3.05) is 0 Å². The monoisotopic (exact) mass is 223 g/mol. The number of hydrogen-bond acceptors (Lipinski definition) is 0. The Kier molecular flexibility index (Phi) is 4.35. The first-order valence-corrected chi connectivity index (χ1v) is 3.23. The van der Waals surface area contributed by atoms with E-state index in [1.54, 1.807) is 18.2 Å². The van der Waals surface area contributed by atoms with Crippen LogP contribution in [0.15, 0.2) is 18.2 Å². The van der Waals surface area contributed by atoms with E-state index in [0.29, 0.717) is 15.6 Å². The summed E-state index contributed by atoms with van der Waals surface area (Å²) in [5.41, 5.74) is 0.695. The van der Waals surface area contributed by atoms with Crippen molar-refractivity contribution in [1.82, 2.24) is 0 Å². The summed E-state index contributed by atoms with van der Waals surface area (Å²) in [6.07, 6.45) is 0. The van der Waals surface area contributed by atoms with Gasteiger partial charge >= 0.3 is 19.5 Å². The number of rotatable bonds is 0. The summed E-state index contributed by atoms with van der Waals surface area (Å²) >= 11 is 11.3. The van der Waals surface area contributed by atoms with Crippen LogP contribution in [0.4, 0.5) is 0 Å². The molecule has 0 atom stereocenters. The number of benzene rings is 1. The van der Waals surface area contributed by atoms with Crippen molar-refractivity contribution in [3.8, 4) is 0 Å². The fourth-order valence-corrected chi connectivity index (χ4v) is 0.930. The van der Waals surface area contributed by atoms with E-state index in [-0.39, 0.29) is 19.5 Å². The molecule has 0 aromatic heterocycles. The zero-order chi connectivity index (χ0) is 6.85. The first kappa shape index (κ1) is 10.3. The summed E-state index contributed by atoms with van der Waals surface area (Å²) in [6.45, 7) is 3.66. The third-order valence-electron chi connectivity index (χ3n) is 1.06. The van der Waals surface area contributed by atoms with E-state index in [0.717, 1.165) is 0 Å². The Balaban J connectivity index is 0.000000810. The van der Waals surface area contributed by atoms with Gasteiger partial charge in [-0.2, -0.15) is 35.7 Å². The van der Waals surface area contributed by atoms with Gasteiger partial charge in [0.2, 0.25) is 0 Å². The van der Waals surface area contributed by atoms with E-state index in [9.17, 15) is 0 Å². The van der Waals surface area contributed by atoms with Gasteiger partial charge in [0.05, 0.1) is 0 Å². The van der Waals surface area contributed by atoms with E-state index in [1.165, 1.54) is 0 Å². The van der Waals surface area contributed by atoms with E-state index in [1.807, 2.05) is 0 Å². The van der Waals surface area contributed by atoms with Gasteiger partial charge in [-0.3, -0.25) is 0 Å². The standard InChI is InChI=1S/C7H5Cl2.Zn/c1-5-6(8)3-2-4-7(5)9;/h2-4H,1H2;/q-1;+2. The Labute approximate surface area is 83.3 Å². The van der Waals surface area contributed by atoms with Crippen molar-refractivity contribution < 1.29 is 19.5 Å². The molecule has 0 aliphatic rings. The molecule has 0 bridgehead atoms. The van der Waals surface area contributed by atoms with E-state index in [4.69, 9.17) is 23.2 Å². The molecule has 0 aliphatic carbocycles. The molecule has 48 valence electrons. The van der Waals surface area contributed by atoms with E-state index in [2.05, 4.69) is 6.92 Å². The maximum absolute atomic E-state index is 5.67. The summed E-state index contributed by atoms with van der Waals surface area (Å²) < 4.78 is 0. The molecule has 0 N–H and O–H groups in total. The van der Waals surface area contributed by atoms with Crippen molar-refractivity contribution in [1.29, 1.82) is 0 Å². The van der Waals surface area contributed by atoms with E-state index >= 15 is 0 Å². The molecule has 0 spiro atoms. The molecule has 0 fully saturated rings. The quantitative estimate of drug-likeness (QED) is 0.470.